The van der Waals surface area contributed by atoms with Crippen LogP contribution in [-0.2, 0) is 11.2 Å². The monoisotopic (exact) mass is 358 g/mol. The van der Waals surface area contributed by atoms with Crippen molar-refractivity contribution < 1.29 is 14.3 Å². The van der Waals surface area contributed by atoms with Gasteiger partial charge in [0.15, 0.2) is 0 Å². The van der Waals surface area contributed by atoms with Crippen molar-refractivity contribution in [2.75, 3.05) is 24.5 Å². The molecule has 0 saturated carbocycles. The fraction of sp³-hybridized carbons (Fsp3) is 0.421. The summed E-state index contributed by atoms with van der Waals surface area (Å²) >= 11 is 0. The summed E-state index contributed by atoms with van der Waals surface area (Å²) in [5.41, 5.74) is -0.00857. The Balaban J connectivity index is 1.50. The molecule has 0 spiro atoms. The molecular formula is C19H23FN4O2. The van der Waals surface area contributed by atoms with Gasteiger partial charge in [0, 0.05) is 38.4 Å². The van der Waals surface area contributed by atoms with Crippen molar-refractivity contribution in [3.8, 4) is 0 Å². The van der Waals surface area contributed by atoms with E-state index in [4.69, 9.17) is 0 Å². The third-order valence-electron chi connectivity index (χ3n) is 4.57. The average molecular weight is 358 g/mol. The SMILES string of the molecule is O=C(CCc1cccnc1)NC[C@@]1(O)CCCN(c2ccc(F)cn2)C1. The molecule has 0 unspecified atom stereocenters. The van der Waals surface area contributed by atoms with Crippen LogP contribution in [0.25, 0.3) is 0 Å². The molecule has 1 aliphatic rings. The van der Waals surface area contributed by atoms with Crippen LogP contribution < -0.4 is 10.2 Å². The number of rotatable bonds is 6. The van der Waals surface area contributed by atoms with E-state index in [0.29, 0.717) is 31.6 Å². The highest BCUT2D eigenvalue weighted by molar-refractivity contribution is 5.76. The van der Waals surface area contributed by atoms with E-state index in [1.807, 2.05) is 17.0 Å². The number of nitrogens with one attached hydrogen (secondary N) is 1. The zero-order valence-electron chi connectivity index (χ0n) is 14.6. The number of aryl methyl sites for hydroxylation is 1. The van der Waals surface area contributed by atoms with E-state index < -0.39 is 5.60 Å². The maximum atomic E-state index is 13.0. The molecule has 138 valence electrons. The first kappa shape index (κ1) is 18.3. The number of pyridine rings is 2. The molecule has 0 aromatic carbocycles. The normalized spacial score (nSPS) is 20.0. The van der Waals surface area contributed by atoms with Gasteiger partial charge in [0.1, 0.15) is 11.6 Å². The van der Waals surface area contributed by atoms with E-state index in [1.54, 1.807) is 18.5 Å². The lowest BCUT2D eigenvalue weighted by molar-refractivity contribution is -0.122. The molecule has 6 nitrogen and oxygen atoms in total. The van der Waals surface area contributed by atoms with Crippen molar-refractivity contribution >= 4 is 11.7 Å². The van der Waals surface area contributed by atoms with E-state index >= 15 is 0 Å². The largest absolute Gasteiger partial charge is 0.386 e. The van der Waals surface area contributed by atoms with Gasteiger partial charge in [-0.1, -0.05) is 6.07 Å². The van der Waals surface area contributed by atoms with Gasteiger partial charge >= 0.3 is 0 Å². The molecule has 3 rings (SSSR count). The van der Waals surface area contributed by atoms with E-state index in [0.717, 1.165) is 18.5 Å². The number of hydrogen-bond donors (Lipinski definition) is 2. The Kier molecular flexibility index (Phi) is 5.78. The Bertz CT molecular complexity index is 726. The van der Waals surface area contributed by atoms with Gasteiger partial charge in [0.05, 0.1) is 11.8 Å². The summed E-state index contributed by atoms with van der Waals surface area (Å²) in [6.45, 7) is 1.29. The number of anilines is 1. The van der Waals surface area contributed by atoms with Crippen LogP contribution >= 0.6 is 0 Å². The van der Waals surface area contributed by atoms with Gasteiger partial charge in [-0.15, -0.1) is 0 Å². The van der Waals surface area contributed by atoms with Crippen LogP contribution in [0.2, 0.25) is 0 Å². The van der Waals surface area contributed by atoms with Gasteiger partial charge in [-0.3, -0.25) is 9.78 Å². The van der Waals surface area contributed by atoms with Crippen molar-refractivity contribution in [2.24, 2.45) is 0 Å². The lowest BCUT2D eigenvalue weighted by atomic mass is 9.92. The first-order valence-corrected chi connectivity index (χ1v) is 8.79. The minimum absolute atomic E-state index is 0.0979. The molecule has 1 saturated heterocycles. The molecule has 1 atom stereocenters. The summed E-state index contributed by atoms with van der Waals surface area (Å²) < 4.78 is 13.0. The Morgan fingerprint density at radius 1 is 1.35 bits per heavy atom. The van der Waals surface area contributed by atoms with E-state index in [9.17, 15) is 14.3 Å². The fourth-order valence-electron chi connectivity index (χ4n) is 3.16. The fourth-order valence-corrected chi connectivity index (χ4v) is 3.16. The number of carbonyl (C=O) groups excluding carboxylic acids is 1. The zero-order valence-corrected chi connectivity index (χ0v) is 14.6. The standard InChI is InChI=1S/C19H23FN4O2/c20-16-5-6-17(22-12-16)24-10-2-8-19(26,14-24)13-23-18(25)7-4-15-3-1-9-21-11-15/h1,3,5-6,9,11-12,26H,2,4,7-8,10,13-14H2,(H,23,25)/t19-/m0/s1. The Hall–Kier alpha value is -2.54. The highest BCUT2D eigenvalue weighted by Gasteiger charge is 2.34. The molecule has 0 aliphatic carbocycles. The third-order valence-corrected chi connectivity index (χ3v) is 4.57. The lowest BCUT2D eigenvalue weighted by Gasteiger charge is -2.39. The second-order valence-corrected chi connectivity index (χ2v) is 6.72. The van der Waals surface area contributed by atoms with Crippen LogP contribution in [-0.4, -0.2) is 46.2 Å². The predicted octanol–water partition coefficient (Wildman–Crippen LogP) is 1.70. The Morgan fingerprint density at radius 3 is 2.96 bits per heavy atom. The maximum Gasteiger partial charge on any atom is 0.220 e. The van der Waals surface area contributed by atoms with Crippen LogP contribution in [0.3, 0.4) is 0 Å². The van der Waals surface area contributed by atoms with Gasteiger partial charge < -0.3 is 15.3 Å². The maximum absolute atomic E-state index is 13.0. The number of β-amino-alcohol motifs (C(OH)–C–C–N with tert-alkyl or cyclic N) is 1. The molecule has 1 fully saturated rings. The number of nitrogens with zero attached hydrogens (tertiary/aromatic N) is 3. The second kappa shape index (κ2) is 8.23. The van der Waals surface area contributed by atoms with E-state index in [2.05, 4.69) is 15.3 Å². The summed E-state index contributed by atoms with van der Waals surface area (Å²) in [5.74, 6) is 0.147. The van der Waals surface area contributed by atoms with Gasteiger partial charge in [-0.2, -0.15) is 0 Å². The first-order valence-electron chi connectivity index (χ1n) is 8.79. The molecular weight excluding hydrogens is 335 g/mol. The molecule has 2 aromatic rings. The van der Waals surface area contributed by atoms with Crippen molar-refractivity contribution in [3.05, 3.63) is 54.2 Å². The Morgan fingerprint density at radius 2 is 2.23 bits per heavy atom. The highest BCUT2D eigenvalue weighted by Crippen LogP contribution is 2.24. The van der Waals surface area contributed by atoms with Crippen LogP contribution in [0.15, 0.2) is 42.9 Å². The molecule has 26 heavy (non-hydrogen) atoms. The molecule has 2 N–H and O–H groups in total. The number of aromatic nitrogens is 2. The van der Waals surface area contributed by atoms with Gasteiger partial charge in [-0.25, -0.2) is 9.37 Å². The third kappa shape index (κ3) is 4.98. The van der Waals surface area contributed by atoms with Gasteiger partial charge in [-0.05, 0) is 43.0 Å². The molecule has 2 aromatic heterocycles. The summed E-state index contributed by atoms with van der Waals surface area (Å²) in [4.78, 5) is 22.1. The number of carbonyl (C=O) groups is 1. The van der Waals surface area contributed by atoms with Crippen LogP contribution in [0, 0.1) is 5.82 Å². The highest BCUT2D eigenvalue weighted by atomic mass is 19.1. The molecule has 0 radical (unpaired) electrons. The summed E-state index contributed by atoms with van der Waals surface area (Å²) in [7, 11) is 0. The Labute approximate surface area is 152 Å². The van der Waals surface area contributed by atoms with Crippen molar-refractivity contribution in [3.63, 3.8) is 0 Å². The number of aliphatic hydroxyl groups is 1. The van der Waals surface area contributed by atoms with Gasteiger partial charge in [0.2, 0.25) is 5.91 Å². The van der Waals surface area contributed by atoms with E-state index in [1.165, 1.54) is 12.3 Å². The van der Waals surface area contributed by atoms with Crippen molar-refractivity contribution in [1.29, 1.82) is 0 Å². The van der Waals surface area contributed by atoms with Crippen LogP contribution in [0.5, 0.6) is 0 Å². The van der Waals surface area contributed by atoms with Crippen LogP contribution in [0.1, 0.15) is 24.8 Å². The topological polar surface area (TPSA) is 78.3 Å². The lowest BCUT2D eigenvalue weighted by Crippen LogP contribution is -2.54. The first-order chi connectivity index (χ1) is 12.5. The number of piperidine rings is 1. The minimum Gasteiger partial charge on any atom is -0.386 e. The number of hydrogen-bond acceptors (Lipinski definition) is 5. The molecule has 0 bridgehead atoms. The zero-order chi connectivity index (χ0) is 18.4. The number of amides is 1. The predicted molar refractivity (Wildman–Crippen MR) is 96.2 cm³/mol. The van der Waals surface area contributed by atoms with Crippen molar-refractivity contribution in [2.45, 2.75) is 31.3 Å². The quantitative estimate of drug-likeness (QED) is 0.822. The van der Waals surface area contributed by atoms with Gasteiger partial charge in [0.25, 0.3) is 0 Å². The minimum atomic E-state index is -1.02. The van der Waals surface area contributed by atoms with Crippen molar-refractivity contribution in [1.82, 2.24) is 15.3 Å². The summed E-state index contributed by atoms with van der Waals surface area (Å²) in [6, 6.07) is 6.74. The average Bonchev–Trinajstić information content (AvgIpc) is 2.66. The molecule has 3 heterocycles. The summed E-state index contributed by atoms with van der Waals surface area (Å²) in [5, 5.41) is 13.7. The van der Waals surface area contributed by atoms with Crippen LogP contribution in [0.4, 0.5) is 10.2 Å². The molecule has 1 amide bonds. The molecule has 1 aliphatic heterocycles. The second-order valence-electron chi connectivity index (χ2n) is 6.72. The van der Waals surface area contributed by atoms with E-state index in [-0.39, 0.29) is 18.3 Å². The summed E-state index contributed by atoms with van der Waals surface area (Å²) in [6.07, 6.45) is 6.96. The molecule has 7 heteroatoms. The smallest absolute Gasteiger partial charge is 0.220 e. The number of halogens is 1.